The van der Waals surface area contributed by atoms with E-state index in [9.17, 15) is 3.89 Å². The molecule has 0 bridgehead atoms. The topological polar surface area (TPSA) is 30.2 Å². The summed E-state index contributed by atoms with van der Waals surface area (Å²) in [4.78, 5) is 7.61. The number of aliphatic imine (C=N–C) groups is 1. The highest BCUT2D eigenvalue weighted by atomic mass is 32.2. The molecule has 5 heteroatoms. The van der Waals surface area contributed by atoms with Gasteiger partial charge in [-0.1, -0.05) is 12.2 Å². The molecule has 0 saturated carbocycles. The summed E-state index contributed by atoms with van der Waals surface area (Å²) in [6.07, 6.45) is 8.33. The van der Waals surface area contributed by atoms with Crippen LogP contribution in [0.2, 0.25) is 0 Å². The van der Waals surface area contributed by atoms with Crippen LogP contribution in [0, 0.1) is 0 Å². The van der Waals surface area contributed by atoms with Crippen LogP contribution in [0.5, 0.6) is 0 Å². The highest BCUT2D eigenvalue weighted by Gasteiger charge is 2.05. The molecule has 0 radical (unpaired) electrons. The fourth-order valence-electron chi connectivity index (χ4n) is 0.924. The first kappa shape index (κ1) is 10.7. The van der Waals surface area contributed by atoms with Gasteiger partial charge >= 0.3 is 0 Å². The van der Waals surface area contributed by atoms with Crippen molar-refractivity contribution in [3.63, 3.8) is 0 Å². The molecule has 0 amide bonds. The highest BCUT2D eigenvalue weighted by Crippen LogP contribution is 2.20. The molecule has 0 aliphatic heterocycles. The Balaban J connectivity index is 3.06. The predicted molar refractivity (Wildman–Crippen MR) is 58.7 cm³/mol. The second kappa shape index (κ2) is 5.39. The SMILES string of the molecule is C=N/C(=C\C=C/C)c1cncn1SF. The fourth-order valence-corrected chi connectivity index (χ4v) is 1.23. The smallest absolute Gasteiger partial charge is 0.171 e. The van der Waals surface area contributed by atoms with Crippen LogP contribution in [-0.4, -0.2) is 15.7 Å². The second-order valence-electron chi connectivity index (χ2n) is 2.41. The molecule has 0 saturated heterocycles. The molecule has 0 aliphatic rings. The zero-order valence-corrected chi connectivity index (χ0v) is 8.54. The quantitative estimate of drug-likeness (QED) is 0.566. The summed E-state index contributed by atoms with van der Waals surface area (Å²) in [6.45, 7) is 5.31. The van der Waals surface area contributed by atoms with E-state index < -0.39 is 0 Å². The van der Waals surface area contributed by atoms with Crippen LogP contribution in [0.4, 0.5) is 3.89 Å². The van der Waals surface area contributed by atoms with Gasteiger partial charge in [0.1, 0.15) is 6.33 Å². The summed E-state index contributed by atoms with van der Waals surface area (Å²) >= 11 is 0.0807. The van der Waals surface area contributed by atoms with Gasteiger partial charge in [-0.2, -0.15) is 0 Å². The van der Waals surface area contributed by atoms with Crippen molar-refractivity contribution in [2.45, 2.75) is 6.92 Å². The largest absolute Gasteiger partial charge is 0.262 e. The Bertz CT molecular complexity index is 368. The van der Waals surface area contributed by atoms with Crippen LogP contribution < -0.4 is 0 Å². The third kappa shape index (κ3) is 2.32. The summed E-state index contributed by atoms with van der Waals surface area (Å²) in [6, 6.07) is 0. The Kier molecular flexibility index (Phi) is 4.12. The Morgan fingerprint density at radius 3 is 3.14 bits per heavy atom. The molecule has 0 atom stereocenters. The van der Waals surface area contributed by atoms with E-state index >= 15 is 0 Å². The van der Waals surface area contributed by atoms with Gasteiger partial charge in [0.05, 0.1) is 17.6 Å². The predicted octanol–water partition coefficient (Wildman–Crippen LogP) is 2.88. The molecule has 74 valence electrons. The van der Waals surface area contributed by atoms with E-state index in [0.29, 0.717) is 11.4 Å². The van der Waals surface area contributed by atoms with Crippen LogP contribution in [0.25, 0.3) is 5.70 Å². The number of hydrogen-bond donors (Lipinski definition) is 0. The first-order chi connectivity index (χ1) is 6.83. The average molecular weight is 211 g/mol. The van der Waals surface area contributed by atoms with Gasteiger partial charge in [-0.3, -0.25) is 4.99 Å². The van der Waals surface area contributed by atoms with Gasteiger partial charge in [0.25, 0.3) is 0 Å². The zero-order valence-electron chi connectivity index (χ0n) is 7.72. The standard InChI is InChI=1S/C9H10FN3S/c1-3-4-5-8(11-2)9-6-12-7-13(9)14-10/h3-7H,2H2,1H3/b4-3-,8-5-. The van der Waals surface area contributed by atoms with Crippen molar-refractivity contribution in [2.24, 2.45) is 4.99 Å². The number of rotatable bonds is 4. The molecule has 1 aromatic heterocycles. The first-order valence-electron chi connectivity index (χ1n) is 3.95. The van der Waals surface area contributed by atoms with Gasteiger partial charge in [-0.15, -0.1) is 3.89 Å². The van der Waals surface area contributed by atoms with Crippen molar-refractivity contribution in [3.05, 3.63) is 36.4 Å². The van der Waals surface area contributed by atoms with Gasteiger partial charge in [0.15, 0.2) is 12.3 Å². The van der Waals surface area contributed by atoms with E-state index in [2.05, 4.69) is 16.7 Å². The maximum absolute atomic E-state index is 12.4. The monoisotopic (exact) mass is 211 g/mol. The third-order valence-electron chi connectivity index (χ3n) is 1.56. The molecular formula is C9H10FN3S. The lowest BCUT2D eigenvalue weighted by Crippen LogP contribution is -1.88. The van der Waals surface area contributed by atoms with Crippen molar-refractivity contribution >= 4 is 24.7 Å². The number of allylic oxidation sites excluding steroid dienone is 3. The Hall–Kier alpha value is -1.36. The minimum atomic E-state index is 0.0807. The molecule has 0 fully saturated rings. The van der Waals surface area contributed by atoms with Crippen LogP contribution in [0.3, 0.4) is 0 Å². The van der Waals surface area contributed by atoms with Crippen LogP contribution in [-0.2, 0) is 0 Å². The summed E-state index contributed by atoms with van der Waals surface area (Å²) in [7, 11) is 0. The lowest BCUT2D eigenvalue weighted by atomic mass is 10.3. The molecule has 1 aromatic rings. The number of hydrogen-bond acceptors (Lipinski definition) is 3. The minimum absolute atomic E-state index is 0.0807. The normalized spacial score (nSPS) is 12.3. The van der Waals surface area contributed by atoms with Crippen LogP contribution in [0.1, 0.15) is 12.6 Å². The third-order valence-corrected chi connectivity index (χ3v) is 2.00. The van der Waals surface area contributed by atoms with Crippen LogP contribution >= 0.6 is 12.3 Å². The first-order valence-corrected chi connectivity index (χ1v) is 4.62. The Morgan fingerprint density at radius 1 is 1.79 bits per heavy atom. The van der Waals surface area contributed by atoms with E-state index in [1.54, 1.807) is 6.08 Å². The summed E-state index contributed by atoms with van der Waals surface area (Å²) in [5, 5.41) is 0. The van der Waals surface area contributed by atoms with E-state index in [-0.39, 0.29) is 12.3 Å². The van der Waals surface area contributed by atoms with E-state index in [1.807, 2.05) is 19.1 Å². The van der Waals surface area contributed by atoms with Gasteiger partial charge < -0.3 is 0 Å². The molecule has 3 nitrogen and oxygen atoms in total. The van der Waals surface area contributed by atoms with Crippen molar-refractivity contribution < 1.29 is 3.89 Å². The van der Waals surface area contributed by atoms with E-state index in [4.69, 9.17) is 0 Å². The van der Waals surface area contributed by atoms with E-state index in [0.717, 1.165) is 0 Å². The molecule has 0 unspecified atom stereocenters. The Morgan fingerprint density at radius 2 is 2.57 bits per heavy atom. The lowest BCUT2D eigenvalue weighted by molar-refractivity contribution is 0.912. The number of aromatic nitrogens is 2. The second-order valence-corrected chi connectivity index (χ2v) is 2.94. The molecular weight excluding hydrogens is 201 g/mol. The molecule has 0 aliphatic carbocycles. The van der Waals surface area contributed by atoms with Gasteiger partial charge in [0, 0.05) is 0 Å². The zero-order chi connectivity index (χ0) is 10.4. The molecule has 0 N–H and O–H groups in total. The number of imidazole rings is 1. The van der Waals surface area contributed by atoms with Gasteiger partial charge in [-0.05, 0) is 19.7 Å². The molecule has 14 heavy (non-hydrogen) atoms. The van der Waals surface area contributed by atoms with Crippen molar-refractivity contribution in [3.8, 4) is 0 Å². The van der Waals surface area contributed by atoms with Crippen molar-refractivity contribution in [1.82, 2.24) is 8.96 Å². The maximum atomic E-state index is 12.4. The van der Waals surface area contributed by atoms with E-state index in [1.165, 1.54) is 16.5 Å². The minimum Gasteiger partial charge on any atom is -0.262 e. The molecule has 0 aromatic carbocycles. The van der Waals surface area contributed by atoms with Crippen LogP contribution in [0.15, 0.2) is 35.7 Å². The average Bonchev–Trinajstić information content (AvgIpc) is 2.67. The molecule has 1 heterocycles. The lowest BCUT2D eigenvalue weighted by Gasteiger charge is -2.00. The number of halogens is 1. The highest BCUT2D eigenvalue weighted by molar-refractivity contribution is 7.92. The fraction of sp³-hybridized carbons (Fsp3) is 0.111. The number of nitrogens with zero attached hydrogens (tertiary/aromatic N) is 3. The summed E-state index contributed by atoms with van der Waals surface area (Å²) in [5.74, 6) is 0. The van der Waals surface area contributed by atoms with Gasteiger partial charge in [-0.25, -0.2) is 8.96 Å². The van der Waals surface area contributed by atoms with Crippen molar-refractivity contribution in [1.29, 1.82) is 0 Å². The molecule has 1 rings (SSSR count). The Labute approximate surface area is 86.5 Å². The molecule has 0 spiro atoms. The summed E-state index contributed by atoms with van der Waals surface area (Å²) < 4.78 is 13.7. The maximum Gasteiger partial charge on any atom is 0.171 e. The van der Waals surface area contributed by atoms with Gasteiger partial charge in [0.2, 0.25) is 0 Å². The van der Waals surface area contributed by atoms with Crippen molar-refractivity contribution in [2.75, 3.05) is 0 Å². The summed E-state index contributed by atoms with van der Waals surface area (Å²) in [5.41, 5.74) is 1.18.